The van der Waals surface area contributed by atoms with Crippen molar-refractivity contribution in [2.24, 2.45) is 11.1 Å². The Bertz CT molecular complexity index is 696. The number of hydrogen-bond donors (Lipinski definition) is 0. The van der Waals surface area contributed by atoms with Crippen molar-refractivity contribution in [3.05, 3.63) is 58.0 Å². The molecule has 4 nitrogen and oxygen atoms in total. The zero-order valence-electron chi connectivity index (χ0n) is 11.4. The predicted octanol–water partition coefficient (Wildman–Crippen LogP) is 3.81. The number of hydrogen-bond acceptors (Lipinski definition) is 3. The van der Waals surface area contributed by atoms with Gasteiger partial charge in [-0.15, -0.1) is 0 Å². The van der Waals surface area contributed by atoms with E-state index in [2.05, 4.69) is 22.0 Å². The average Bonchev–Trinajstić information content (AvgIpc) is 3.18. The van der Waals surface area contributed by atoms with E-state index in [1.807, 2.05) is 16.7 Å². The Labute approximate surface area is 128 Å². The van der Waals surface area contributed by atoms with Gasteiger partial charge in [-0.05, 0) is 30.5 Å². The highest BCUT2D eigenvalue weighted by Crippen LogP contribution is 2.29. The van der Waals surface area contributed by atoms with Crippen molar-refractivity contribution in [2.45, 2.75) is 25.4 Å². The maximum absolute atomic E-state index is 11.1. The van der Waals surface area contributed by atoms with Gasteiger partial charge in [0.1, 0.15) is 6.04 Å². The van der Waals surface area contributed by atoms with E-state index in [1.165, 1.54) is 12.8 Å². The van der Waals surface area contributed by atoms with Crippen LogP contribution in [0.2, 0.25) is 5.02 Å². The third kappa shape index (κ3) is 3.50. The summed E-state index contributed by atoms with van der Waals surface area (Å²) in [5, 5.41) is 3.76. The van der Waals surface area contributed by atoms with Gasteiger partial charge in [0, 0.05) is 23.9 Å². The fourth-order valence-corrected chi connectivity index (χ4v) is 2.28. The smallest absolute Gasteiger partial charge is 0.135 e. The van der Waals surface area contributed by atoms with Gasteiger partial charge in [-0.25, -0.2) is 4.98 Å². The Morgan fingerprint density at radius 2 is 2.33 bits per heavy atom. The molecular weight excluding hydrogens is 286 g/mol. The van der Waals surface area contributed by atoms with Gasteiger partial charge < -0.3 is 4.57 Å². The van der Waals surface area contributed by atoms with E-state index in [0.29, 0.717) is 17.5 Å². The van der Waals surface area contributed by atoms with Gasteiger partial charge in [-0.2, -0.15) is 4.91 Å². The summed E-state index contributed by atoms with van der Waals surface area (Å²) in [4.78, 5) is 15.1. The molecule has 0 aliphatic heterocycles. The first-order valence-corrected chi connectivity index (χ1v) is 7.23. The minimum absolute atomic E-state index is 0.451. The van der Waals surface area contributed by atoms with Gasteiger partial charge in [0.2, 0.25) is 0 Å². The molecule has 2 aromatic rings. The molecule has 21 heavy (non-hydrogen) atoms. The van der Waals surface area contributed by atoms with Gasteiger partial charge in [0.25, 0.3) is 0 Å². The fraction of sp³-hybridized carbons (Fsp3) is 0.312. The van der Waals surface area contributed by atoms with E-state index >= 15 is 0 Å². The van der Waals surface area contributed by atoms with E-state index in [4.69, 9.17) is 11.6 Å². The number of nitroso groups, excluding NO2 is 1. The lowest BCUT2D eigenvalue weighted by atomic mass is 10.1. The van der Waals surface area contributed by atoms with Crippen molar-refractivity contribution in [3.8, 4) is 11.8 Å². The molecule has 1 atom stereocenters. The largest absolute Gasteiger partial charge is 0.335 e. The molecule has 1 aromatic heterocycles. The van der Waals surface area contributed by atoms with Crippen LogP contribution in [0, 0.1) is 22.7 Å². The summed E-state index contributed by atoms with van der Waals surface area (Å²) in [5.41, 5.74) is 1.60. The third-order valence-electron chi connectivity index (χ3n) is 3.44. The molecule has 0 bridgehead atoms. The molecule has 1 aliphatic rings. The van der Waals surface area contributed by atoms with Gasteiger partial charge in [0.05, 0.1) is 17.9 Å². The molecule has 0 amide bonds. The second kappa shape index (κ2) is 6.11. The number of imidazole rings is 1. The monoisotopic (exact) mass is 299 g/mol. The summed E-state index contributed by atoms with van der Waals surface area (Å²) in [7, 11) is 0. The Morgan fingerprint density at radius 1 is 1.48 bits per heavy atom. The van der Waals surface area contributed by atoms with E-state index in [-0.39, 0.29) is 0 Å². The Hall–Kier alpha value is -2.12. The number of rotatable bonds is 4. The lowest BCUT2D eigenvalue weighted by Gasteiger charge is -2.11. The summed E-state index contributed by atoms with van der Waals surface area (Å²) >= 11 is 6.25. The Balaban J connectivity index is 1.79. The quantitative estimate of drug-likeness (QED) is 0.637. The number of halogens is 1. The maximum atomic E-state index is 11.1. The van der Waals surface area contributed by atoms with E-state index in [1.54, 1.807) is 24.8 Å². The first-order chi connectivity index (χ1) is 10.3. The molecule has 0 saturated heterocycles. The molecule has 1 aromatic carbocycles. The standard InChI is InChI=1S/C16H14ClN3O/c17-15-9-14(6-5-13(15)4-3-12-1-2-12)16(19-21)10-20-8-7-18-11-20/h5-9,11-12,16H,1-2,10H2. The van der Waals surface area contributed by atoms with Gasteiger partial charge >= 0.3 is 0 Å². The molecule has 1 heterocycles. The van der Waals surface area contributed by atoms with Crippen LogP contribution in [0.1, 0.15) is 30.0 Å². The van der Waals surface area contributed by atoms with Crippen LogP contribution in [0.15, 0.2) is 42.1 Å². The van der Waals surface area contributed by atoms with Crippen molar-refractivity contribution in [1.82, 2.24) is 9.55 Å². The molecule has 5 heteroatoms. The maximum Gasteiger partial charge on any atom is 0.135 e. The van der Waals surface area contributed by atoms with Crippen LogP contribution in [-0.4, -0.2) is 9.55 Å². The molecule has 1 aliphatic carbocycles. The zero-order chi connectivity index (χ0) is 14.7. The third-order valence-corrected chi connectivity index (χ3v) is 3.75. The van der Waals surface area contributed by atoms with Crippen LogP contribution >= 0.6 is 11.6 Å². The minimum Gasteiger partial charge on any atom is -0.335 e. The van der Waals surface area contributed by atoms with Crippen molar-refractivity contribution < 1.29 is 0 Å². The lowest BCUT2D eigenvalue weighted by Crippen LogP contribution is -2.05. The fourth-order valence-electron chi connectivity index (χ4n) is 2.04. The first-order valence-electron chi connectivity index (χ1n) is 6.85. The molecule has 0 N–H and O–H groups in total. The summed E-state index contributed by atoms with van der Waals surface area (Å²) in [5.74, 6) is 6.81. The average molecular weight is 300 g/mol. The number of aromatic nitrogens is 2. The zero-order valence-corrected chi connectivity index (χ0v) is 12.1. The van der Waals surface area contributed by atoms with E-state index < -0.39 is 6.04 Å². The highest BCUT2D eigenvalue weighted by molar-refractivity contribution is 6.31. The van der Waals surface area contributed by atoms with Gasteiger partial charge in [-0.3, -0.25) is 0 Å². The summed E-state index contributed by atoms with van der Waals surface area (Å²) in [6.45, 7) is 0.451. The van der Waals surface area contributed by atoms with Crippen LogP contribution in [0.5, 0.6) is 0 Å². The Kier molecular flexibility index (Phi) is 4.03. The molecule has 1 fully saturated rings. The van der Waals surface area contributed by atoms with Gasteiger partial charge in [-0.1, -0.05) is 34.7 Å². The second-order valence-electron chi connectivity index (χ2n) is 5.16. The van der Waals surface area contributed by atoms with Crippen molar-refractivity contribution in [1.29, 1.82) is 0 Å². The molecule has 0 spiro atoms. The van der Waals surface area contributed by atoms with Crippen LogP contribution in [0.3, 0.4) is 0 Å². The van der Waals surface area contributed by atoms with Crippen LogP contribution in [0.4, 0.5) is 0 Å². The Morgan fingerprint density at radius 3 is 2.95 bits per heavy atom. The lowest BCUT2D eigenvalue weighted by molar-refractivity contribution is 0.575. The highest BCUT2D eigenvalue weighted by Gasteiger charge is 2.18. The normalized spacial score (nSPS) is 15.1. The van der Waals surface area contributed by atoms with Crippen molar-refractivity contribution >= 4 is 11.6 Å². The molecule has 1 unspecified atom stereocenters. The second-order valence-corrected chi connectivity index (χ2v) is 5.57. The summed E-state index contributed by atoms with van der Waals surface area (Å²) in [6.07, 6.45) is 7.51. The first kappa shape index (κ1) is 13.8. The minimum atomic E-state index is -0.484. The molecular formula is C16H14ClN3O. The molecule has 1 saturated carbocycles. The summed E-state index contributed by atoms with van der Waals surface area (Å²) < 4.78 is 1.82. The predicted molar refractivity (Wildman–Crippen MR) is 81.8 cm³/mol. The molecule has 3 rings (SSSR count). The summed E-state index contributed by atoms with van der Waals surface area (Å²) in [6, 6.07) is 5.02. The van der Waals surface area contributed by atoms with E-state index in [9.17, 15) is 4.91 Å². The molecule has 106 valence electrons. The molecule has 0 radical (unpaired) electrons. The van der Waals surface area contributed by atoms with Crippen LogP contribution in [0.25, 0.3) is 0 Å². The van der Waals surface area contributed by atoms with Gasteiger partial charge in [0.15, 0.2) is 0 Å². The topological polar surface area (TPSA) is 47.2 Å². The van der Waals surface area contributed by atoms with E-state index in [0.717, 1.165) is 11.1 Å². The van der Waals surface area contributed by atoms with Crippen LogP contribution in [-0.2, 0) is 6.54 Å². The SMILES string of the molecule is O=NC(Cn1ccnc1)c1ccc(C#CC2CC2)c(Cl)c1. The highest BCUT2D eigenvalue weighted by atomic mass is 35.5. The van der Waals surface area contributed by atoms with Crippen molar-refractivity contribution in [3.63, 3.8) is 0 Å². The van der Waals surface area contributed by atoms with Crippen LogP contribution < -0.4 is 0 Å². The van der Waals surface area contributed by atoms with Crippen molar-refractivity contribution in [2.75, 3.05) is 0 Å². The number of benzene rings is 1. The number of nitrogens with zero attached hydrogens (tertiary/aromatic N) is 3.